The molecular weight excluding hydrogens is 344 g/mol. The van der Waals surface area contributed by atoms with Crippen LogP contribution in [0.25, 0.3) is 10.2 Å². The van der Waals surface area contributed by atoms with Crippen LogP contribution >= 0.6 is 38.9 Å². The first-order valence-corrected chi connectivity index (χ1v) is 7.70. The Hall–Kier alpha value is -1.10. The number of halogens is 2. The summed E-state index contributed by atoms with van der Waals surface area (Å²) in [5, 5.41) is 4.96. The van der Waals surface area contributed by atoms with Gasteiger partial charge in [-0.05, 0) is 42.8 Å². The summed E-state index contributed by atoms with van der Waals surface area (Å²) in [6, 6.07) is 11.9. The predicted molar refractivity (Wildman–Crippen MR) is 86.8 cm³/mol. The molecule has 1 N–H and O–H groups in total. The summed E-state index contributed by atoms with van der Waals surface area (Å²) in [5.41, 5.74) is 3.01. The predicted octanol–water partition coefficient (Wildman–Crippen LogP) is 5.76. The smallest absolute Gasteiger partial charge is 0.188 e. The fourth-order valence-corrected chi connectivity index (χ4v) is 3.19. The molecule has 0 radical (unpaired) electrons. The molecule has 0 unspecified atom stereocenters. The van der Waals surface area contributed by atoms with Gasteiger partial charge in [-0.2, -0.15) is 0 Å². The van der Waals surface area contributed by atoms with Crippen LogP contribution in [0, 0.1) is 6.92 Å². The molecule has 1 heterocycles. The molecule has 2 aromatic carbocycles. The van der Waals surface area contributed by atoms with E-state index in [2.05, 4.69) is 32.3 Å². The van der Waals surface area contributed by atoms with E-state index in [1.54, 1.807) is 11.3 Å². The van der Waals surface area contributed by atoms with Gasteiger partial charge in [0.05, 0.1) is 10.2 Å². The zero-order chi connectivity index (χ0) is 13.4. The topological polar surface area (TPSA) is 24.9 Å². The first kappa shape index (κ1) is 12.9. The van der Waals surface area contributed by atoms with Gasteiger partial charge in [-0.25, -0.2) is 4.98 Å². The third kappa shape index (κ3) is 2.61. The molecule has 2 nitrogen and oxygen atoms in total. The van der Waals surface area contributed by atoms with Crippen molar-refractivity contribution in [2.75, 3.05) is 5.32 Å². The fourth-order valence-electron chi connectivity index (χ4n) is 1.81. The first-order valence-electron chi connectivity index (χ1n) is 5.72. The van der Waals surface area contributed by atoms with Crippen molar-refractivity contribution >= 4 is 59.9 Å². The summed E-state index contributed by atoms with van der Waals surface area (Å²) in [4.78, 5) is 4.57. The molecule has 0 amide bonds. The van der Waals surface area contributed by atoms with Crippen molar-refractivity contribution in [1.82, 2.24) is 4.98 Å². The Bertz CT molecular complexity index is 754. The second-order valence-electron chi connectivity index (χ2n) is 4.17. The van der Waals surface area contributed by atoms with E-state index in [-0.39, 0.29) is 0 Å². The Morgan fingerprint density at radius 3 is 2.95 bits per heavy atom. The summed E-state index contributed by atoms with van der Waals surface area (Å²) < 4.78 is 2.20. The van der Waals surface area contributed by atoms with E-state index in [9.17, 15) is 0 Å². The van der Waals surface area contributed by atoms with E-state index in [1.807, 2.05) is 37.3 Å². The molecule has 0 fully saturated rings. The minimum absolute atomic E-state index is 0.758. The number of thiazole rings is 1. The number of benzene rings is 2. The average molecular weight is 354 g/mol. The standard InChI is InChI=1S/C14H10BrClN2S/c1-8-10(16)3-2-4-11(8)17-14-18-12-7-9(15)5-6-13(12)19-14/h2-7H,1H3,(H,17,18). The zero-order valence-electron chi connectivity index (χ0n) is 10.1. The van der Waals surface area contributed by atoms with Crippen LogP contribution in [0.4, 0.5) is 10.8 Å². The van der Waals surface area contributed by atoms with Crippen molar-refractivity contribution in [2.24, 2.45) is 0 Å². The number of aromatic nitrogens is 1. The van der Waals surface area contributed by atoms with Crippen molar-refractivity contribution in [3.63, 3.8) is 0 Å². The molecule has 5 heteroatoms. The van der Waals surface area contributed by atoms with Crippen LogP contribution in [0.5, 0.6) is 0 Å². The van der Waals surface area contributed by atoms with Gasteiger partial charge < -0.3 is 5.32 Å². The van der Waals surface area contributed by atoms with Gasteiger partial charge in [0.15, 0.2) is 5.13 Å². The number of nitrogens with zero attached hydrogens (tertiary/aromatic N) is 1. The summed E-state index contributed by atoms with van der Waals surface area (Å²) in [7, 11) is 0. The van der Waals surface area contributed by atoms with Gasteiger partial charge in [0, 0.05) is 15.2 Å². The largest absolute Gasteiger partial charge is 0.331 e. The highest BCUT2D eigenvalue weighted by atomic mass is 79.9. The van der Waals surface area contributed by atoms with Crippen LogP contribution in [0.1, 0.15) is 5.56 Å². The second-order valence-corrected chi connectivity index (χ2v) is 6.52. The Labute approximate surface area is 128 Å². The minimum Gasteiger partial charge on any atom is -0.331 e. The van der Waals surface area contributed by atoms with E-state index in [0.29, 0.717) is 0 Å². The molecule has 0 saturated heterocycles. The monoisotopic (exact) mass is 352 g/mol. The van der Waals surface area contributed by atoms with Gasteiger partial charge in [-0.1, -0.05) is 44.9 Å². The van der Waals surface area contributed by atoms with E-state index < -0.39 is 0 Å². The summed E-state index contributed by atoms with van der Waals surface area (Å²) in [6.45, 7) is 1.99. The lowest BCUT2D eigenvalue weighted by atomic mass is 10.2. The Morgan fingerprint density at radius 2 is 2.11 bits per heavy atom. The molecule has 19 heavy (non-hydrogen) atoms. The van der Waals surface area contributed by atoms with E-state index in [0.717, 1.165) is 36.1 Å². The molecule has 0 aliphatic rings. The number of hydrogen-bond acceptors (Lipinski definition) is 3. The van der Waals surface area contributed by atoms with Crippen molar-refractivity contribution in [2.45, 2.75) is 6.92 Å². The quantitative estimate of drug-likeness (QED) is 0.633. The molecule has 0 aliphatic carbocycles. The second kappa shape index (κ2) is 5.12. The maximum Gasteiger partial charge on any atom is 0.188 e. The zero-order valence-corrected chi connectivity index (χ0v) is 13.2. The van der Waals surface area contributed by atoms with Gasteiger partial charge >= 0.3 is 0 Å². The molecule has 1 aromatic heterocycles. The highest BCUT2D eigenvalue weighted by Gasteiger charge is 2.07. The Kier molecular flexibility index (Phi) is 3.48. The van der Waals surface area contributed by atoms with Crippen molar-refractivity contribution in [3.05, 3.63) is 51.5 Å². The van der Waals surface area contributed by atoms with Crippen LogP contribution < -0.4 is 5.32 Å². The van der Waals surface area contributed by atoms with Gasteiger partial charge in [-0.3, -0.25) is 0 Å². The molecule has 3 rings (SSSR count). The lowest BCUT2D eigenvalue weighted by Gasteiger charge is -2.07. The number of fused-ring (bicyclic) bond motifs is 1. The number of hydrogen-bond donors (Lipinski definition) is 1. The summed E-state index contributed by atoms with van der Waals surface area (Å²) >= 11 is 11.2. The summed E-state index contributed by atoms with van der Waals surface area (Å²) in [5.74, 6) is 0. The highest BCUT2D eigenvalue weighted by molar-refractivity contribution is 9.10. The molecule has 0 saturated carbocycles. The van der Waals surface area contributed by atoms with E-state index in [4.69, 9.17) is 11.6 Å². The van der Waals surface area contributed by atoms with Crippen LogP contribution in [-0.4, -0.2) is 4.98 Å². The van der Waals surface area contributed by atoms with Gasteiger partial charge in [0.25, 0.3) is 0 Å². The number of rotatable bonds is 2. The van der Waals surface area contributed by atoms with Gasteiger partial charge in [0.2, 0.25) is 0 Å². The highest BCUT2D eigenvalue weighted by Crippen LogP contribution is 2.32. The van der Waals surface area contributed by atoms with Gasteiger partial charge in [0.1, 0.15) is 0 Å². The van der Waals surface area contributed by atoms with Crippen LogP contribution in [0.2, 0.25) is 5.02 Å². The average Bonchev–Trinajstić information content (AvgIpc) is 2.76. The number of nitrogens with one attached hydrogen (secondary N) is 1. The van der Waals surface area contributed by atoms with Crippen molar-refractivity contribution < 1.29 is 0 Å². The Balaban J connectivity index is 1.99. The lowest BCUT2D eigenvalue weighted by molar-refractivity contribution is 1.39. The van der Waals surface area contributed by atoms with Crippen LogP contribution in [0.3, 0.4) is 0 Å². The molecule has 0 atom stereocenters. The maximum absolute atomic E-state index is 6.12. The van der Waals surface area contributed by atoms with Crippen molar-refractivity contribution in [3.8, 4) is 0 Å². The third-order valence-corrected chi connectivity index (χ3v) is 4.71. The SMILES string of the molecule is Cc1c(Cl)cccc1Nc1nc2cc(Br)ccc2s1. The maximum atomic E-state index is 6.12. The molecule has 0 bridgehead atoms. The molecular formula is C14H10BrClN2S. The van der Waals surface area contributed by atoms with Crippen LogP contribution in [0.15, 0.2) is 40.9 Å². The molecule has 3 aromatic rings. The molecule has 0 aliphatic heterocycles. The summed E-state index contributed by atoms with van der Waals surface area (Å²) in [6.07, 6.45) is 0. The normalized spacial score (nSPS) is 10.9. The Morgan fingerprint density at radius 1 is 1.26 bits per heavy atom. The van der Waals surface area contributed by atoms with Crippen LogP contribution in [-0.2, 0) is 0 Å². The third-order valence-electron chi connectivity index (χ3n) is 2.86. The van der Waals surface area contributed by atoms with E-state index in [1.165, 1.54) is 0 Å². The molecule has 96 valence electrons. The molecule has 0 spiro atoms. The minimum atomic E-state index is 0.758. The van der Waals surface area contributed by atoms with Gasteiger partial charge in [-0.15, -0.1) is 0 Å². The first-order chi connectivity index (χ1) is 9.13. The number of anilines is 2. The fraction of sp³-hybridized carbons (Fsp3) is 0.0714. The lowest BCUT2D eigenvalue weighted by Crippen LogP contribution is -1.92. The van der Waals surface area contributed by atoms with Crippen molar-refractivity contribution in [1.29, 1.82) is 0 Å². The van der Waals surface area contributed by atoms with E-state index >= 15 is 0 Å².